The standard InChI is InChI=1S/C16H23Cl2N3/c1-15(2,3)10-16(4,5)21-13(6-7-17)20-12-8-11(18)9-19-14(12)21/h8-9H,6-7,10H2,1-5H3. The summed E-state index contributed by atoms with van der Waals surface area (Å²) in [5.41, 5.74) is 1.85. The van der Waals surface area contributed by atoms with E-state index in [9.17, 15) is 0 Å². The molecule has 2 aromatic rings. The highest BCUT2D eigenvalue weighted by Crippen LogP contribution is 2.35. The summed E-state index contributed by atoms with van der Waals surface area (Å²) in [4.78, 5) is 9.20. The molecule has 0 spiro atoms. The average Bonchev–Trinajstić information content (AvgIpc) is 2.63. The third-order valence-electron chi connectivity index (χ3n) is 3.42. The largest absolute Gasteiger partial charge is 0.307 e. The number of aryl methyl sites for hydroxylation is 1. The Morgan fingerprint density at radius 2 is 1.86 bits per heavy atom. The van der Waals surface area contributed by atoms with Gasteiger partial charge in [-0.05, 0) is 31.7 Å². The minimum Gasteiger partial charge on any atom is -0.307 e. The summed E-state index contributed by atoms with van der Waals surface area (Å²) < 4.78 is 2.23. The summed E-state index contributed by atoms with van der Waals surface area (Å²) in [6.45, 7) is 11.2. The van der Waals surface area contributed by atoms with Gasteiger partial charge in [-0.1, -0.05) is 32.4 Å². The molecule has 0 amide bonds. The van der Waals surface area contributed by atoms with E-state index in [1.54, 1.807) is 6.20 Å². The molecule has 5 heteroatoms. The topological polar surface area (TPSA) is 30.7 Å². The highest BCUT2D eigenvalue weighted by Gasteiger charge is 2.31. The Kier molecular flexibility index (Phi) is 4.55. The Hall–Kier alpha value is -0.800. The van der Waals surface area contributed by atoms with Crippen LogP contribution in [0.3, 0.4) is 0 Å². The van der Waals surface area contributed by atoms with E-state index in [-0.39, 0.29) is 11.0 Å². The molecule has 0 radical (unpaired) electrons. The van der Waals surface area contributed by atoms with Crippen LogP contribution in [0.4, 0.5) is 0 Å². The Morgan fingerprint density at radius 1 is 1.19 bits per heavy atom. The Morgan fingerprint density at radius 3 is 2.43 bits per heavy atom. The zero-order valence-corrected chi connectivity index (χ0v) is 14.9. The van der Waals surface area contributed by atoms with E-state index in [4.69, 9.17) is 28.2 Å². The van der Waals surface area contributed by atoms with E-state index >= 15 is 0 Å². The molecule has 0 aliphatic rings. The molecule has 0 atom stereocenters. The van der Waals surface area contributed by atoms with Crippen LogP contribution in [-0.2, 0) is 12.0 Å². The molecule has 0 aliphatic carbocycles. The summed E-state index contributed by atoms with van der Waals surface area (Å²) in [6.07, 6.45) is 3.42. The maximum Gasteiger partial charge on any atom is 0.160 e. The van der Waals surface area contributed by atoms with Gasteiger partial charge in [0.25, 0.3) is 0 Å². The summed E-state index contributed by atoms with van der Waals surface area (Å²) in [5, 5.41) is 0.609. The van der Waals surface area contributed by atoms with E-state index in [0.29, 0.717) is 10.9 Å². The first kappa shape index (κ1) is 16.6. The van der Waals surface area contributed by atoms with Crippen LogP contribution < -0.4 is 0 Å². The van der Waals surface area contributed by atoms with Gasteiger partial charge in [0.15, 0.2) is 5.65 Å². The number of fused-ring (bicyclic) bond motifs is 1. The molecule has 2 rings (SSSR count). The summed E-state index contributed by atoms with van der Waals surface area (Å²) in [6, 6.07) is 1.87. The molecule has 0 bridgehead atoms. The lowest BCUT2D eigenvalue weighted by molar-refractivity contribution is 0.214. The lowest BCUT2D eigenvalue weighted by atomic mass is 9.81. The van der Waals surface area contributed by atoms with Gasteiger partial charge in [-0.2, -0.15) is 0 Å². The Bertz CT molecular complexity index is 639. The number of alkyl halides is 1. The number of aromatic nitrogens is 3. The minimum atomic E-state index is -0.0881. The fourth-order valence-electron chi connectivity index (χ4n) is 3.25. The second-order valence-corrected chi connectivity index (χ2v) is 8.16. The predicted octanol–water partition coefficient (Wildman–Crippen LogP) is 5.04. The molecule has 0 unspecified atom stereocenters. The van der Waals surface area contributed by atoms with Crippen LogP contribution in [0.5, 0.6) is 0 Å². The molecule has 0 aliphatic heterocycles. The molecule has 21 heavy (non-hydrogen) atoms. The maximum absolute atomic E-state index is 6.04. The van der Waals surface area contributed by atoms with Gasteiger partial charge in [-0.3, -0.25) is 0 Å². The number of pyridine rings is 1. The monoisotopic (exact) mass is 327 g/mol. The van der Waals surface area contributed by atoms with Gasteiger partial charge < -0.3 is 4.57 Å². The molecule has 2 aromatic heterocycles. The van der Waals surface area contributed by atoms with Crippen LogP contribution in [-0.4, -0.2) is 20.4 Å². The van der Waals surface area contributed by atoms with Crippen molar-refractivity contribution < 1.29 is 0 Å². The summed E-state index contributed by atoms with van der Waals surface area (Å²) in [5.74, 6) is 1.52. The van der Waals surface area contributed by atoms with E-state index in [1.807, 2.05) is 6.07 Å². The second kappa shape index (κ2) is 5.77. The minimum absolute atomic E-state index is 0.0881. The zero-order valence-electron chi connectivity index (χ0n) is 13.4. The first-order chi connectivity index (χ1) is 9.64. The van der Waals surface area contributed by atoms with Crippen LogP contribution in [0.25, 0.3) is 11.2 Å². The van der Waals surface area contributed by atoms with E-state index in [1.165, 1.54) is 0 Å². The number of rotatable bonds is 4. The van der Waals surface area contributed by atoms with Crippen molar-refractivity contribution in [2.45, 2.75) is 53.0 Å². The molecule has 0 saturated heterocycles. The molecule has 0 fully saturated rings. The van der Waals surface area contributed by atoms with Crippen molar-refractivity contribution in [3.8, 4) is 0 Å². The molecule has 116 valence electrons. The lowest BCUT2D eigenvalue weighted by Crippen LogP contribution is -2.33. The van der Waals surface area contributed by atoms with Crippen LogP contribution in [0, 0.1) is 5.41 Å². The number of imidazole rings is 1. The highest BCUT2D eigenvalue weighted by atomic mass is 35.5. The van der Waals surface area contributed by atoms with Gasteiger partial charge >= 0.3 is 0 Å². The molecule has 3 nitrogen and oxygen atoms in total. The first-order valence-corrected chi connectivity index (χ1v) is 8.15. The molecule has 2 heterocycles. The van der Waals surface area contributed by atoms with Crippen molar-refractivity contribution >= 4 is 34.4 Å². The SMILES string of the molecule is CC(C)(C)CC(C)(C)n1c(CCCl)nc2cc(Cl)cnc21. The average molecular weight is 328 g/mol. The van der Waals surface area contributed by atoms with Gasteiger partial charge in [0.1, 0.15) is 11.3 Å². The van der Waals surface area contributed by atoms with Crippen molar-refractivity contribution in [3.63, 3.8) is 0 Å². The van der Waals surface area contributed by atoms with Crippen molar-refractivity contribution in [2.24, 2.45) is 5.41 Å². The van der Waals surface area contributed by atoms with Gasteiger partial charge in [-0.15, -0.1) is 11.6 Å². The summed E-state index contributed by atoms with van der Waals surface area (Å²) in [7, 11) is 0. The number of hydrogen-bond acceptors (Lipinski definition) is 2. The van der Waals surface area contributed by atoms with E-state index in [0.717, 1.165) is 29.8 Å². The highest BCUT2D eigenvalue weighted by molar-refractivity contribution is 6.31. The molecule has 0 saturated carbocycles. The zero-order chi connectivity index (χ0) is 15.8. The fourth-order valence-corrected chi connectivity index (χ4v) is 3.57. The molecule has 0 aromatic carbocycles. The quantitative estimate of drug-likeness (QED) is 0.736. The van der Waals surface area contributed by atoms with E-state index < -0.39 is 0 Å². The van der Waals surface area contributed by atoms with Crippen LogP contribution >= 0.6 is 23.2 Å². The third-order valence-corrected chi connectivity index (χ3v) is 3.82. The smallest absolute Gasteiger partial charge is 0.160 e. The number of hydrogen-bond donors (Lipinski definition) is 0. The molecular weight excluding hydrogens is 305 g/mol. The van der Waals surface area contributed by atoms with Crippen molar-refractivity contribution in [1.29, 1.82) is 0 Å². The fraction of sp³-hybridized carbons (Fsp3) is 0.625. The number of nitrogens with zero attached hydrogens (tertiary/aromatic N) is 3. The third kappa shape index (κ3) is 3.70. The first-order valence-electron chi connectivity index (χ1n) is 7.23. The van der Waals surface area contributed by atoms with Gasteiger partial charge in [0, 0.05) is 24.0 Å². The maximum atomic E-state index is 6.04. The van der Waals surface area contributed by atoms with Crippen molar-refractivity contribution in [3.05, 3.63) is 23.1 Å². The lowest BCUT2D eigenvalue weighted by Gasteiger charge is -2.35. The van der Waals surface area contributed by atoms with Gasteiger partial charge in [-0.25, -0.2) is 9.97 Å². The van der Waals surface area contributed by atoms with Crippen LogP contribution in [0.1, 0.15) is 46.9 Å². The molecular formula is C16H23Cl2N3. The normalized spacial score (nSPS) is 13.1. The Labute approximate surface area is 136 Å². The number of halogens is 2. The van der Waals surface area contributed by atoms with Crippen LogP contribution in [0.2, 0.25) is 5.02 Å². The van der Waals surface area contributed by atoms with Crippen molar-refractivity contribution in [2.75, 3.05) is 5.88 Å². The molecule has 0 N–H and O–H groups in total. The van der Waals surface area contributed by atoms with Gasteiger partial charge in [0.05, 0.1) is 5.02 Å². The van der Waals surface area contributed by atoms with E-state index in [2.05, 4.69) is 44.2 Å². The Balaban J connectivity index is 2.61. The predicted molar refractivity (Wildman–Crippen MR) is 90.4 cm³/mol. The second-order valence-electron chi connectivity index (χ2n) is 7.35. The van der Waals surface area contributed by atoms with Gasteiger partial charge in [0.2, 0.25) is 0 Å². The van der Waals surface area contributed by atoms with Crippen molar-refractivity contribution in [1.82, 2.24) is 14.5 Å². The summed E-state index contributed by atoms with van der Waals surface area (Å²) >= 11 is 12.0. The van der Waals surface area contributed by atoms with Crippen LogP contribution in [0.15, 0.2) is 12.3 Å².